The van der Waals surface area contributed by atoms with E-state index in [0.29, 0.717) is 0 Å². The Hall–Kier alpha value is -1.91. The summed E-state index contributed by atoms with van der Waals surface area (Å²) < 4.78 is 5.70. The number of nitrogens with one attached hydrogen (secondary N) is 1. The molecule has 4 nitrogen and oxygen atoms in total. The van der Waals surface area contributed by atoms with Crippen LogP contribution in [0.5, 0.6) is 5.75 Å². The third kappa shape index (κ3) is 3.53. The van der Waals surface area contributed by atoms with Crippen LogP contribution in [0.2, 0.25) is 0 Å². The molecule has 0 saturated carbocycles. The van der Waals surface area contributed by atoms with Crippen LogP contribution in [0.25, 0.3) is 0 Å². The van der Waals surface area contributed by atoms with Crippen LogP contribution in [-0.2, 0) is 0 Å². The summed E-state index contributed by atoms with van der Waals surface area (Å²) in [5, 5.41) is 0. The number of hydrazine groups is 1. The molecule has 1 aromatic carbocycles. The molecule has 0 aliphatic heterocycles. The maximum absolute atomic E-state index is 5.70. The second-order valence-electron chi connectivity index (χ2n) is 4.62. The Morgan fingerprint density at radius 2 is 1.84 bits per heavy atom. The number of hydrogen-bond donors (Lipinski definition) is 2. The maximum atomic E-state index is 5.70. The van der Waals surface area contributed by atoms with Gasteiger partial charge in [-0.2, -0.15) is 0 Å². The molecule has 1 atom stereocenters. The van der Waals surface area contributed by atoms with Crippen molar-refractivity contribution in [2.24, 2.45) is 5.84 Å². The van der Waals surface area contributed by atoms with E-state index >= 15 is 0 Å². The van der Waals surface area contributed by atoms with Gasteiger partial charge in [-0.1, -0.05) is 12.1 Å². The molecule has 100 valence electrons. The van der Waals surface area contributed by atoms with Gasteiger partial charge in [-0.05, 0) is 49.2 Å². The van der Waals surface area contributed by atoms with Crippen molar-refractivity contribution in [2.75, 3.05) is 0 Å². The summed E-state index contributed by atoms with van der Waals surface area (Å²) in [6.45, 7) is 4.02. The highest BCUT2D eigenvalue weighted by Crippen LogP contribution is 2.24. The molecule has 19 heavy (non-hydrogen) atoms. The number of pyridine rings is 1. The first-order valence-corrected chi connectivity index (χ1v) is 6.33. The predicted molar refractivity (Wildman–Crippen MR) is 75.6 cm³/mol. The summed E-state index contributed by atoms with van der Waals surface area (Å²) in [6, 6.07) is 11.8. The van der Waals surface area contributed by atoms with Crippen LogP contribution < -0.4 is 16.0 Å². The first kappa shape index (κ1) is 13.5. The normalized spacial score (nSPS) is 12.4. The molecule has 0 aliphatic rings. The smallest absolute Gasteiger partial charge is 0.120 e. The van der Waals surface area contributed by atoms with E-state index in [1.807, 2.05) is 50.2 Å². The maximum Gasteiger partial charge on any atom is 0.120 e. The Labute approximate surface area is 113 Å². The van der Waals surface area contributed by atoms with Gasteiger partial charge in [0.15, 0.2) is 0 Å². The SMILES string of the molecule is CC(C)Oc1cccc(C(NN)c2ccncc2)c1. The fraction of sp³-hybridized carbons (Fsp3) is 0.267. The molecule has 0 bridgehead atoms. The number of nitrogens with two attached hydrogens (primary N) is 1. The van der Waals surface area contributed by atoms with E-state index < -0.39 is 0 Å². The summed E-state index contributed by atoms with van der Waals surface area (Å²) in [6.07, 6.45) is 3.67. The zero-order valence-corrected chi connectivity index (χ0v) is 11.2. The number of hydrogen-bond acceptors (Lipinski definition) is 4. The first-order chi connectivity index (χ1) is 9.20. The van der Waals surface area contributed by atoms with Crippen LogP contribution in [0.1, 0.15) is 31.0 Å². The van der Waals surface area contributed by atoms with Crippen molar-refractivity contribution in [2.45, 2.75) is 26.0 Å². The van der Waals surface area contributed by atoms with Gasteiger partial charge < -0.3 is 4.74 Å². The van der Waals surface area contributed by atoms with Gasteiger partial charge in [-0.15, -0.1) is 0 Å². The van der Waals surface area contributed by atoms with Gasteiger partial charge in [0.25, 0.3) is 0 Å². The molecule has 1 heterocycles. The van der Waals surface area contributed by atoms with E-state index in [1.165, 1.54) is 0 Å². The Morgan fingerprint density at radius 1 is 1.11 bits per heavy atom. The lowest BCUT2D eigenvalue weighted by atomic mass is 10.0. The molecular formula is C15H19N3O. The largest absolute Gasteiger partial charge is 0.491 e. The zero-order chi connectivity index (χ0) is 13.7. The van der Waals surface area contributed by atoms with Crippen molar-refractivity contribution in [1.29, 1.82) is 0 Å². The Bertz CT molecular complexity index is 514. The standard InChI is InChI=1S/C15H19N3O/c1-11(2)19-14-5-3-4-13(10-14)15(18-16)12-6-8-17-9-7-12/h3-11,15,18H,16H2,1-2H3. The number of nitrogens with zero attached hydrogens (tertiary/aromatic N) is 1. The van der Waals surface area contributed by atoms with Gasteiger partial charge in [0.05, 0.1) is 12.1 Å². The molecule has 1 aromatic heterocycles. The fourth-order valence-corrected chi connectivity index (χ4v) is 1.98. The second kappa shape index (κ2) is 6.31. The van der Waals surface area contributed by atoms with Crippen LogP contribution in [0, 0.1) is 0 Å². The van der Waals surface area contributed by atoms with Crippen molar-refractivity contribution in [3.63, 3.8) is 0 Å². The molecule has 0 fully saturated rings. The Balaban J connectivity index is 2.28. The minimum Gasteiger partial charge on any atom is -0.491 e. The van der Waals surface area contributed by atoms with Crippen molar-refractivity contribution >= 4 is 0 Å². The fourth-order valence-electron chi connectivity index (χ4n) is 1.98. The number of aromatic nitrogens is 1. The average Bonchev–Trinajstić information content (AvgIpc) is 2.40. The topological polar surface area (TPSA) is 60.2 Å². The molecule has 1 unspecified atom stereocenters. The highest BCUT2D eigenvalue weighted by molar-refractivity contribution is 5.36. The lowest BCUT2D eigenvalue weighted by Crippen LogP contribution is -2.28. The first-order valence-electron chi connectivity index (χ1n) is 6.33. The Morgan fingerprint density at radius 3 is 2.47 bits per heavy atom. The number of rotatable bonds is 5. The van der Waals surface area contributed by atoms with Crippen LogP contribution in [0.4, 0.5) is 0 Å². The van der Waals surface area contributed by atoms with Gasteiger partial charge >= 0.3 is 0 Å². The zero-order valence-electron chi connectivity index (χ0n) is 11.2. The molecule has 0 saturated heterocycles. The van der Waals surface area contributed by atoms with Crippen molar-refractivity contribution < 1.29 is 4.74 Å². The minimum absolute atomic E-state index is 0.0706. The molecule has 0 radical (unpaired) electrons. The third-order valence-corrected chi connectivity index (χ3v) is 2.77. The van der Waals surface area contributed by atoms with Crippen LogP contribution in [0.15, 0.2) is 48.8 Å². The molecule has 0 amide bonds. The molecule has 4 heteroatoms. The van der Waals surface area contributed by atoms with Gasteiger partial charge in [-0.3, -0.25) is 10.8 Å². The quantitative estimate of drug-likeness (QED) is 0.638. The summed E-state index contributed by atoms with van der Waals surface area (Å²) in [7, 11) is 0. The molecule has 3 N–H and O–H groups in total. The van der Waals surface area contributed by atoms with Crippen molar-refractivity contribution in [3.05, 3.63) is 59.9 Å². The van der Waals surface area contributed by atoms with Gasteiger partial charge in [0.2, 0.25) is 0 Å². The highest BCUT2D eigenvalue weighted by Gasteiger charge is 2.12. The number of ether oxygens (including phenoxy) is 1. The van der Waals surface area contributed by atoms with Crippen molar-refractivity contribution in [3.8, 4) is 5.75 Å². The lowest BCUT2D eigenvalue weighted by molar-refractivity contribution is 0.242. The van der Waals surface area contributed by atoms with E-state index in [0.717, 1.165) is 16.9 Å². The highest BCUT2D eigenvalue weighted by atomic mass is 16.5. The van der Waals surface area contributed by atoms with E-state index in [2.05, 4.69) is 10.4 Å². The van der Waals surface area contributed by atoms with Crippen LogP contribution in [-0.4, -0.2) is 11.1 Å². The van der Waals surface area contributed by atoms with Gasteiger partial charge in [-0.25, -0.2) is 5.43 Å². The molecule has 2 aromatic rings. The molecule has 0 spiro atoms. The second-order valence-corrected chi connectivity index (χ2v) is 4.62. The number of benzene rings is 1. The van der Waals surface area contributed by atoms with Crippen LogP contribution >= 0.6 is 0 Å². The Kier molecular flexibility index (Phi) is 4.49. The van der Waals surface area contributed by atoms with Crippen molar-refractivity contribution in [1.82, 2.24) is 10.4 Å². The molecule has 0 aliphatic carbocycles. The predicted octanol–water partition coefficient (Wildman–Crippen LogP) is 2.42. The third-order valence-electron chi connectivity index (χ3n) is 2.77. The van der Waals surface area contributed by atoms with Crippen LogP contribution in [0.3, 0.4) is 0 Å². The van der Waals surface area contributed by atoms with E-state index in [4.69, 9.17) is 10.6 Å². The molecule has 2 rings (SSSR count). The van der Waals surface area contributed by atoms with E-state index in [-0.39, 0.29) is 12.1 Å². The van der Waals surface area contributed by atoms with Gasteiger partial charge in [0.1, 0.15) is 5.75 Å². The van der Waals surface area contributed by atoms with E-state index in [9.17, 15) is 0 Å². The monoisotopic (exact) mass is 257 g/mol. The van der Waals surface area contributed by atoms with E-state index in [1.54, 1.807) is 12.4 Å². The summed E-state index contributed by atoms with van der Waals surface area (Å²) in [5.41, 5.74) is 4.96. The molecular weight excluding hydrogens is 238 g/mol. The minimum atomic E-state index is -0.0706. The van der Waals surface area contributed by atoms with Gasteiger partial charge in [0, 0.05) is 12.4 Å². The summed E-state index contributed by atoms with van der Waals surface area (Å²) >= 11 is 0. The summed E-state index contributed by atoms with van der Waals surface area (Å²) in [5.74, 6) is 6.53. The summed E-state index contributed by atoms with van der Waals surface area (Å²) in [4.78, 5) is 4.02. The lowest BCUT2D eigenvalue weighted by Gasteiger charge is -2.18. The average molecular weight is 257 g/mol.